The first-order chi connectivity index (χ1) is 9.36. The molecular formula is C15H19F3O2. The van der Waals surface area contributed by atoms with Crippen LogP contribution in [0.15, 0.2) is 18.2 Å². The number of alkyl halides is 3. The van der Waals surface area contributed by atoms with E-state index in [1.807, 2.05) is 13.8 Å². The molecule has 0 N–H and O–H groups in total. The molecule has 1 aliphatic heterocycles. The molecule has 20 heavy (non-hydrogen) atoms. The maximum atomic E-state index is 12.8. The predicted molar refractivity (Wildman–Crippen MR) is 69.8 cm³/mol. The number of ether oxygens (including phenoxy) is 2. The lowest BCUT2D eigenvalue weighted by Gasteiger charge is -2.15. The lowest BCUT2D eigenvalue weighted by molar-refractivity contribution is -0.137. The third kappa shape index (κ3) is 3.26. The number of benzene rings is 1. The molecule has 112 valence electrons. The minimum Gasteiger partial charge on any atom is -0.496 e. The smallest absolute Gasteiger partial charge is 0.416 e. The van der Waals surface area contributed by atoms with Crippen LogP contribution in [0.4, 0.5) is 13.2 Å². The van der Waals surface area contributed by atoms with Gasteiger partial charge in [-0.2, -0.15) is 13.2 Å². The van der Waals surface area contributed by atoms with E-state index in [9.17, 15) is 13.2 Å². The SMILES string of the molecule is CCC1OC1C(C)Cc1cc(C(F)(F)F)ccc1OC. The highest BCUT2D eigenvalue weighted by Crippen LogP contribution is 2.37. The standard InChI is InChI=1S/C15H19F3O2/c1-4-12-14(20-12)9(2)7-10-8-11(15(16,17)18)5-6-13(10)19-3/h5-6,8-9,12,14H,4,7H2,1-3H3. The molecule has 1 aromatic carbocycles. The topological polar surface area (TPSA) is 21.8 Å². The fourth-order valence-corrected chi connectivity index (χ4v) is 2.56. The van der Waals surface area contributed by atoms with Gasteiger partial charge in [-0.1, -0.05) is 13.8 Å². The van der Waals surface area contributed by atoms with E-state index in [1.165, 1.54) is 19.2 Å². The molecule has 0 spiro atoms. The summed E-state index contributed by atoms with van der Waals surface area (Å²) in [6.07, 6.45) is -2.46. The third-order valence-corrected chi connectivity index (χ3v) is 3.73. The van der Waals surface area contributed by atoms with Crippen LogP contribution in [-0.4, -0.2) is 19.3 Å². The van der Waals surface area contributed by atoms with E-state index in [1.54, 1.807) is 0 Å². The van der Waals surface area contributed by atoms with Crippen molar-refractivity contribution in [3.8, 4) is 5.75 Å². The zero-order chi connectivity index (χ0) is 14.9. The second kappa shape index (κ2) is 5.64. The second-order valence-corrected chi connectivity index (χ2v) is 5.25. The summed E-state index contributed by atoms with van der Waals surface area (Å²) in [5, 5.41) is 0. The summed E-state index contributed by atoms with van der Waals surface area (Å²) in [7, 11) is 1.47. The number of methoxy groups -OCH3 is 1. The lowest BCUT2D eigenvalue weighted by Crippen LogP contribution is -2.12. The Morgan fingerprint density at radius 2 is 2.05 bits per heavy atom. The van der Waals surface area contributed by atoms with Crippen LogP contribution in [0, 0.1) is 5.92 Å². The Bertz CT molecular complexity index is 471. The van der Waals surface area contributed by atoms with Gasteiger partial charge in [0.1, 0.15) is 5.75 Å². The van der Waals surface area contributed by atoms with Crippen molar-refractivity contribution in [1.29, 1.82) is 0 Å². The molecule has 1 saturated heterocycles. The lowest BCUT2D eigenvalue weighted by atomic mass is 9.94. The summed E-state index contributed by atoms with van der Waals surface area (Å²) in [6, 6.07) is 3.62. The van der Waals surface area contributed by atoms with Crippen molar-refractivity contribution in [2.45, 2.75) is 45.1 Å². The Hall–Kier alpha value is -1.23. The summed E-state index contributed by atoms with van der Waals surface area (Å²) >= 11 is 0. The minimum absolute atomic E-state index is 0.152. The van der Waals surface area contributed by atoms with Gasteiger partial charge in [-0.25, -0.2) is 0 Å². The number of rotatable bonds is 5. The van der Waals surface area contributed by atoms with Crippen LogP contribution >= 0.6 is 0 Å². The molecule has 0 aliphatic carbocycles. The molecule has 1 aromatic rings. The van der Waals surface area contributed by atoms with E-state index in [4.69, 9.17) is 9.47 Å². The first kappa shape index (κ1) is 15.2. The van der Waals surface area contributed by atoms with Gasteiger partial charge in [0.2, 0.25) is 0 Å². The fraction of sp³-hybridized carbons (Fsp3) is 0.600. The Morgan fingerprint density at radius 1 is 1.35 bits per heavy atom. The first-order valence-corrected chi connectivity index (χ1v) is 6.76. The number of hydrogen-bond donors (Lipinski definition) is 0. The maximum absolute atomic E-state index is 12.8. The van der Waals surface area contributed by atoms with Gasteiger partial charge in [0.15, 0.2) is 0 Å². The summed E-state index contributed by atoms with van der Waals surface area (Å²) in [6.45, 7) is 4.04. The quantitative estimate of drug-likeness (QED) is 0.762. The first-order valence-electron chi connectivity index (χ1n) is 6.76. The summed E-state index contributed by atoms with van der Waals surface area (Å²) in [4.78, 5) is 0. The van der Waals surface area contributed by atoms with Crippen LogP contribution in [0.3, 0.4) is 0 Å². The van der Waals surface area contributed by atoms with Gasteiger partial charge < -0.3 is 9.47 Å². The van der Waals surface area contributed by atoms with Gasteiger partial charge in [-0.15, -0.1) is 0 Å². The van der Waals surface area contributed by atoms with Crippen LogP contribution in [0.25, 0.3) is 0 Å². The highest BCUT2D eigenvalue weighted by atomic mass is 19.4. The van der Waals surface area contributed by atoms with Crippen LogP contribution in [-0.2, 0) is 17.3 Å². The molecule has 1 aliphatic rings. The fourth-order valence-electron chi connectivity index (χ4n) is 2.56. The predicted octanol–water partition coefficient (Wildman–Crippen LogP) is 4.07. The second-order valence-electron chi connectivity index (χ2n) is 5.25. The van der Waals surface area contributed by atoms with Crippen LogP contribution in [0.1, 0.15) is 31.4 Å². The van der Waals surface area contributed by atoms with Crippen LogP contribution < -0.4 is 4.74 Å². The monoisotopic (exact) mass is 288 g/mol. The molecular weight excluding hydrogens is 269 g/mol. The van der Waals surface area contributed by atoms with E-state index in [0.717, 1.165) is 12.5 Å². The van der Waals surface area contributed by atoms with Gasteiger partial charge in [0, 0.05) is 0 Å². The Balaban J connectivity index is 2.16. The molecule has 0 saturated carbocycles. The molecule has 0 aromatic heterocycles. The van der Waals surface area contributed by atoms with Crippen molar-refractivity contribution < 1.29 is 22.6 Å². The van der Waals surface area contributed by atoms with E-state index in [-0.39, 0.29) is 18.1 Å². The zero-order valence-corrected chi connectivity index (χ0v) is 11.8. The van der Waals surface area contributed by atoms with Gasteiger partial charge in [0.25, 0.3) is 0 Å². The zero-order valence-electron chi connectivity index (χ0n) is 11.8. The van der Waals surface area contributed by atoms with Crippen LogP contribution in [0.5, 0.6) is 5.75 Å². The average molecular weight is 288 g/mol. The summed E-state index contributed by atoms with van der Waals surface area (Å²) < 4.78 is 49.0. The molecule has 0 bridgehead atoms. The maximum Gasteiger partial charge on any atom is 0.416 e. The minimum atomic E-state index is -4.33. The Labute approximate surface area is 116 Å². The van der Waals surface area contributed by atoms with Gasteiger partial charge >= 0.3 is 6.18 Å². The van der Waals surface area contributed by atoms with Crippen molar-refractivity contribution in [1.82, 2.24) is 0 Å². The molecule has 3 atom stereocenters. The van der Waals surface area contributed by atoms with Crippen molar-refractivity contribution >= 4 is 0 Å². The summed E-state index contributed by atoms with van der Waals surface area (Å²) in [5.74, 6) is 0.677. The normalized spacial score (nSPS) is 23.5. The van der Waals surface area contributed by atoms with Gasteiger partial charge in [-0.05, 0) is 42.5 Å². The Morgan fingerprint density at radius 3 is 2.55 bits per heavy atom. The molecule has 2 rings (SSSR count). The number of epoxide rings is 1. The highest BCUT2D eigenvalue weighted by Gasteiger charge is 2.41. The Kier molecular flexibility index (Phi) is 4.28. The van der Waals surface area contributed by atoms with E-state index in [0.29, 0.717) is 17.7 Å². The van der Waals surface area contributed by atoms with Gasteiger partial charge in [0.05, 0.1) is 24.9 Å². The molecule has 2 nitrogen and oxygen atoms in total. The molecule has 1 heterocycles. The van der Waals surface area contributed by atoms with Crippen molar-refractivity contribution in [3.05, 3.63) is 29.3 Å². The molecule has 0 amide bonds. The molecule has 3 unspecified atom stereocenters. The average Bonchev–Trinajstić information content (AvgIpc) is 3.17. The van der Waals surface area contributed by atoms with E-state index in [2.05, 4.69) is 0 Å². The number of halogens is 3. The number of hydrogen-bond acceptors (Lipinski definition) is 2. The molecule has 1 fully saturated rings. The van der Waals surface area contributed by atoms with Gasteiger partial charge in [-0.3, -0.25) is 0 Å². The third-order valence-electron chi connectivity index (χ3n) is 3.73. The van der Waals surface area contributed by atoms with E-state index < -0.39 is 11.7 Å². The van der Waals surface area contributed by atoms with E-state index >= 15 is 0 Å². The van der Waals surface area contributed by atoms with Crippen molar-refractivity contribution in [3.63, 3.8) is 0 Å². The van der Waals surface area contributed by atoms with Crippen molar-refractivity contribution in [2.75, 3.05) is 7.11 Å². The van der Waals surface area contributed by atoms with Crippen LogP contribution in [0.2, 0.25) is 0 Å². The molecule has 0 radical (unpaired) electrons. The van der Waals surface area contributed by atoms with Crippen molar-refractivity contribution in [2.24, 2.45) is 5.92 Å². The highest BCUT2D eigenvalue weighted by molar-refractivity contribution is 5.38. The largest absolute Gasteiger partial charge is 0.496 e. The summed E-state index contributed by atoms with van der Waals surface area (Å²) in [5.41, 5.74) is -0.0514. The molecule has 5 heteroatoms.